The molecule has 0 heterocycles. The van der Waals surface area contributed by atoms with Gasteiger partial charge in [-0.25, -0.2) is 0 Å². The second-order valence-electron chi connectivity index (χ2n) is 2.68. The molecule has 1 aromatic carbocycles. The lowest BCUT2D eigenvalue weighted by atomic mass is 10.1. The molecule has 3 N–H and O–H groups in total. The molecule has 0 amide bonds. The first kappa shape index (κ1) is 8.87. The summed E-state index contributed by atoms with van der Waals surface area (Å²) in [4.78, 5) is 0. The zero-order chi connectivity index (χ0) is 9.14. The summed E-state index contributed by atoms with van der Waals surface area (Å²) in [6.07, 6.45) is 0. The molecule has 0 spiro atoms. The van der Waals surface area contributed by atoms with Crippen LogP contribution in [0, 0.1) is 6.92 Å². The van der Waals surface area contributed by atoms with Gasteiger partial charge in [-0.1, -0.05) is 0 Å². The Morgan fingerprint density at radius 2 is 2.17 bits per heavy atom. The third kappa shape index (κ3) is 1.51. The highest BCUT2D eigenvalue weighted by molar-refractivity contribution is 5.54. The fourth-order valence-electron chi connectivity index (χ4n) is 1.11. The predicted octanol–water partition coefficient (Wildman–Crippen LogP) is 1.08. The van der Waals surface area contributed by atoms with Crippen molar-refractivity contribution in [1.82, 2.24) is 0 Å². The molecular formula is C9H13NO2. The smallest absolute Gasteiger partial charge is 0.122 e. The molecule has 0 unspecified atom stereocenters. The zero-order valence-corrected chi connectivity index (χ0v) is 7.29. The van der Waals surface area contributed by atoms with E-state index in [0.29, 0.717) is 11.3 Å². The van der Waals surface area contributed by atoms with E-state index >= 15 is 0 Å². The Morgan fingerprint density at radius 1 is 1.50 bits per heavy atom. The minimum absolute atomic E-state index is 0.0531. The number of nitrogens with two attached hydrogens (primary N) is 1. The van der Waals surface area contributed by atoms with Gasteiger partial charge in [0, 0.05) is 11.3 Å². The van der Waals surface area contributed by atoms with Crippen molar-refractivity contribution in [1.29, 1.82) is 0 Å². The van der Waals surface area contributed by atoms with Gasteiger partial charge in [-0.05, 0) is 24.6 Å². The van der Waals surface area contributed by atoms with Crippen LogP contribution in [0.15, 0.2) is 12.1 Å². The molecule has 3 nitrogen and oxygen atoms in total. The van der Waals surface area contributed by atoms with Crippen molar-refractivity contribution in [2.75, 3.05) is 12.8 Å². The predicted molar refractivity (Wildman–Crippen MR) is 48.1 cm³/mol. The Morgan fingerprint density at radius 3 is 2.67 bits per heavy atom. The molecule has 0 aliphatic heterocycles. The average Bonchev–Trinajstić information content (AvgIpc) is 2.05. The van der Waals surface area contributed by atoms with Gasteiger partial charge in [0.05, 0.1) is 13.7 Å². The fourth-order valence-corrected chi connectivity index (χ4v) is 1.11. The van der Waals surface area contributed by atoms with E-state index in [-0.39, 0.29) is 6.61 Å². The average molecular weight is 167 g/mol. The third-order valence-electron chi connectivity index (χ3n) is 1.83. The minimum atomic E-state index is -0.0531. The molecule has 0 aromatic heterocycles. The highest BCUT2D eigenvalue weighted by atomic mass is 16.5. The number of anilines is 1. The topological polar surface area (TPSA) is 55.5 Å². The lowest BCUT2D eigenvalue weighted by Crippen LogP contribution is -1.97. The van der Waals surface area contributed by atoms with Gasteiger partial charge in [0.15, 0.2) is 0 Å². The van der Waals surface area contributed by atoms with Crippen LogP contribution >= 0.6 is 0 Å². The number of methoxy groups -OCH3 is 1. The van der Waals surface area contributed by atoms with Gasteiger partial charge in [-0.15, -0.1) is 0 Å². The lowest BCUT2D eigenvalue weighted by molar-refractivity contribution is 0.281. The third-order valence-corrected chi connectivity index (χ3v) is 1.83. The van der Waals surface area contributed by atoms with Crippen LogP contribution in [-0.2, 0) is 6.61 Å². The van der Waals surface area contributed by atoms with Crippen LogP contribution in [0.4, 0.5) is 5.69 Å². The second-order valence-corrected chi connectivity index (χ2v) is 2.68. The van der Waals surface area contributed by atoms with Crippen LogP contribution in [0.25, 0.3) is 0 Å². The molecule has 0 bridgehead atoms. The SMILES string of the molecule is COc1cc(CO)c(N)cc1C. The number of hydrogen-bond acceptors (Lipinski definition) is 3. The van der Waals surface area contributed by atoms with Crippen molar-refractivity contribution >= 4 is 5.69 Å². The Hall–Kier alpha value is -1.22. The van der Waals surface area contributed by atoms with E-state index in [1.54, 1.807) is 19.2 Å². The molecule has 3 heteroatoms. The molecule has 0 saturated carbocycles. The monoisotopic (exact) mass is 167 g/mol. The van der Waals surface area contributed by atoms with Crippen molar-refractivity contribution in [2.24, 2.45) is 0 Å². The van der Waals surface area contributed by atoms with Crippen molar-refractivity contribution in [3.63, 3.8) is 0 Å². The molecule has 0 aliphatic carbocycles. The first-order chi connectivity index (χ1) is 5.69. The number of rotatable bonds is 2. The summed E-state index contributed by atoms with van der Waals surface area (Å²) in [5, 5.41) is 8.89. The normalized spacial score (nSPS) is 9.92. The van der Waals surface area contributed by atoms with Gasteiger partial charge in [-0.2, -0.15) is 0 Å². The second kappa shape index (κ2) is 3.45. The number of benzene rings is 1. The van der Waals surface area contributed by atoms with Crippen LogP contribution in [0.1, 0.15) is 11.1 Å². The number of aliphatic hydroxyl groups excluding tert-OH is 1. The maximum atomic E-state index is 8.89. The summed E-state index contributed by atoms with van der Waals surface area (Å²) in [5.41, 5.74) is 7.93. The molecule has 0 saturated heterocycles. The van der Waals surface area contributed by atoms with E-state index in [1.807, 2.05) is 6.92 Å². The van der Waals surface area contributed by atoms with Crippen LogP contribution in [0.5, 0.6) is 5.75 Å². The number of ether oxygens (including phenoxy) is 1. The Balaban J connectivity index is 3.18. The molecule has 0 fully saturated rings. The fraction of sp³-hybridized carbons (Fsp3) is 0.333. The molecule has 66 valence electrons. The first-order valence-electron chi connectivity index (χ1n) is 3.73. The van der Waals surface area contributed by atoms with E-state index in [2.05, 4.69) is 0 Å². The largest absolute Gasteiger partial charge is 0.496 e. The van der Waals surface area contributed by atoms with Crippen LogP contribution in [0.2, 0.25) is 0 Å². The van der Waals surface area contributed by atoms with Crippen LogP contribution < -0.4 is 10.5 Å². The molecule has 0 aliphatic rings. The maximum Gasteiger partial charge on any atom is 0.122 e. The van der Waals surface area contributed by atoms with Gasteiger partial charge in [0.25, 0.3) is 0 Å². The summed E-state index contributed by atoms with van der Waals surface area (Å²) in [6, 6.07) is 3.55. The molecular weight excluding hydrogens is 154 g/mol. The first-order valence-corrected chi connectivity index (χ1v) is 3.73. The number of aryl methyl sites for hydroxylation is 1. The van der Waals surface area contributed by atoms with E-state index in [1.165, 1.54) is 0 Å². The molecule has 0 radical (unpaired) electrons. The van der Waals surface area contributed by atoms with Crippen molar-refractivity contribution in [3.8, 4) is 5.75 Å². The highest BCUT2D eigenvalue weighted by Gasteiger charge is 2.03. The molecule has 12 heavy (non-hydrogen) atoms. The molecule has 1 rings (SSSR count). The van der Waals surface area contributed by atoms with E-state index in [4.69, 9.17) is 15.6 Å². The summed E-state index contributed by atoms with van der Waals surface area (Å²) in [5.74, 6) is 0.758. The van der Waals surface area contributed by atoms with E-state index in [9.17, 15) is 0 Å². The van der Waals surface area contributed by atoms with Gasteiger partial charge in [0.2, 0.25) is 0 Å². The molecule has 1 aromatic rings. The van der Waals surface area contributed by atoms with Crippen molar-refractivity contribution < 1.29 is 9.84 Å². The van der Waals surface area contributed by atoms with Gasteiger partial charge in [-0.3, -0.25) is 0 Å². The minimum Gasteiger partial charge on any atom is -0.496 e. The summed E-state index contributed by atoms with van der Waals surface area (Å²) in [6.45, 7) is 1.86. The standard InChI is InChI=1S/C9H13NO2/c1-6-3-8(10)7(5-11)4-9(6)12-2/h3-4,11H,5,10H2,1-2H3. The van der Waals surface area contributed by atoms with Gasteiger partial charge in [0.1, 0.15) is 5.75 Å². The van der Waals surface area contributed by atoms with Crippen molar-refractivity contribution in [2.45, 2.75) is 13.5 Å². The van der Waals surface area contributed by atoms with E-state index < -0.39 is 0 Å². The number of nitrogen functional groups attached to an aromatic ring is 1. The number of aliphatic hydroxyl groups is 1. The highest BCUT2D eigenvalue weighted by Crippen LogP contribution is 2.24. The summed E-state index contributed by atoms with van der Waals surface area (Å²) >= 11 is 0. The molecule has 0 atom stereocenters. The Kier molecular flexibility index (Phi) is 2.55. The lowest BCUT2D eigenvalue weighted by Gasteiger charge is -2.08. The van der Waals surface area contributed by atoms with Gasteiger partial charge < -0.3 is 15.6 Å². The summed E-state index contributed by atoms with van der Waals surface area (Å²) in [7, 11) is 1.60. The maximum absolute atomic E-state index is 8.89. The van der Waals surface area contributed by atoms with E-state index in [0.717, 1.165) is 11.3 Å². The quantitative estimate of drug-likeness (QED) is 0.648. The Bertz CT molecular complexity index is 259. The Labute approximate surface area is 71.8 Å². The van der Waals surface area contributed by atoms with Gasteiger partial charge >= 0.3 is 0 Å². The van der Waals surface area contributed by atoms with Crippen LogP contribution in [0.3, 0.4) is 0 Å². The van der Waals surface area contributed by atoms with Crippen molar-refractivity contribution in [3.05, 3.63) is 23.3 Å². The number of hydrogen-bond donors (Lipinski definition) is 2. The zero-order valence-electron chi connectivity index (χ0n) is 7.29. The van der Waals surface area contributed by atoms with Crippen LogP contribution in [-0.4, -0.2) is 12.2 Å². The summed E-state index contributed by atoms with van der Waals surface area (Å²) < 4.78 is 5.08.